The molecule has 0 saturated heterocycles. The standard InChI is InChI=1S/C29H52NO6P/c1-5-7-8-9-10-11-12-13-14-15-21-34-29-18-16-26(17-19-29)23-27(24-28(31)6-2)25-36-37(32,33)35-22-20-30(3)4/h16-19,27H,5-15,20-25H2,1-4H3,(H,32,33). The fraction of sp³-hybridized carbons (Fsp3) is 0.759. The number of hydrogen-bond donors (Lipinski definition) is 1. The van der Waals surface area contributed by atoms with Gasteiger partial charge in [0.15, 0.2) is 0 Å². The van der Waals surface area contributed by atoms with Gasteiger partial charge in [0.1, 0.15) is 11.5 Å². The third-order valence-corrected chi connectivity index (χ3v) is 7.38. The van der Waals surface area contributed by atoms with E-state index in [1.807, 2.05) is 50.2 Å². The molecule has 1 rings (SSSR count). The number of carbonyl (C=O) groups is 1. The van der Waals surface area contributed by atoms with Gasteiger partial charge in [0, 0.05) is 19.4 Å². The number of unbranched alkanes of at least 4 members (excludes halogenated alkanes) is 9. The van der Waals surface area contributed by atoms with Crippen molar-refractivity contribution >= 4 is 13.6 Å². The second-order valence-electron chi connectivity index (χ2n) is 10.2. The van der Waals surface area contributed by atoms with Crippen molar-refractivity contribution in [3.8, 4) is 5.75 Å². The molecule has 1 aromatic carbocycles. The van der Waals surface area contributed by atoms with Gasteiger partial charge in [-0.1, -0.05) is 83.8 Å². The Kier molecular flexibility index (Phi) is 18.9. The maximum atomic E-state index is 12.2. The molecule has 1 N–H and O–H groups in total. The second kappa shape index (κ2) is 20.7. The molecule has 0 radical (unpaired) electrons. The summed E-state index contributed by atoms with van der Waals surface area (Å²) in [5.41, 5.74) is 1.03. The topological polar surface area (TPSA) is 85.3 Å². The van der Waals surface area contributed by atoms with Crippen molar-refractivity contribution in [1.29, 1.82) is 0 Å². The third-order valence-electron chi connectivity index (χ3n) is 6.39. The maximum Gasteiger partial charge on any atom is 0.472 e. The Bertz CT molecular complexity index is 755. The van der Waals surface area contributed by atoms with E-state index < -0.39 is 7.82 Å². The molecule has 0 aromatic heterocycles. The zero-order valence-electron chi connectivity index (χ0n) is 23.8. The Morgan fingerprint density at radius 3 is 2.05 bits per heavy atom. The molecule has 0 amide bonds. The van der Waals surface area contributed by atoms with Crippen LogP contribution in [0.5, 0.6) is 5.75 Å². The molecule has 2 unspecified atom stereocenters. The number of Topliss-reactive ketones (excluding diaryl/α,β-unsaturated/α-hetero) is 1. The van der Waals surface area contributed by atoms with Crippen LogP contribution in [-0.4, -0.2) is 56.0 Å². The van der Waals surface area contributed by atoms with E-state index in [4.69, 9.17) is 13.8 Å². The van der Waals surface area contributed by atoms with Crippen LogP contribution in [0.4, 0.5) is 0 Å². The molecule has 2 atom stereocenters. The summed E-state index contributed by atoms with van der Waals surface area (Å²) in [7, 11) is -0.447. The molecule has 0 spiro atoms. The molecule has 0 aliphatic rings. The summed E-state index contributed by atoms with van der Waals surface area (Å²) in [6.07, 6.45) is 14.3. The van der Waals surface area contributed by atoms with Crippen molar-refractivity contribution in [3.63, 3.8) is 0 Å². The number of carbonyl (C=O) groups excluding carboxylic acids is 1. The lowest BCUT2D eigenvalue weighted by Crippen LogP contribution is -2.19. The van der Waals surface area contributed by atoms with Crippen molar-refractivity contribution in [3.05, 3.63) is 29.8 Å². The van der Waals surface area contributed by atoms with E-state index >= 15 is 0 Å². The van der Waals surface area contributed by atoms with Gasteiger partial charge < -0.3 is 14.5 Å². The molecule has 37 heavy (non-hydrogen) atoms. The molecular formula is C29H52NO6P. The fourth-order valence-corrected chi connectivity index (χ4v) is 4.85. The maximum absolute atomic E-state index is 12.2. The first-order chi connectivity index (χ1) is 17.8. The van der Waals surface area contributed by atoms with E-state index in [2.05, 4.69) is 6.92 Å². The zero-order chi connectivity index (χ0) is 27.4. The van der Waals surface area contributed by atoms with E-state index in [1.165, 1.54) is 57.8 Å². The number of nitrogens with zero attached hydrogens (tertiary/aromatic N) is 1. The normalized spacial score (nSPS) is 14.0. The average molecular weight is 542 g/mol. The minimum atomic E-state index is -4.16. The summed E-state index contributed by atoms with van der Waals surface area (Å²) in [4.78, 5) is 23.9. The number of phosphoric ester groups is 1. The Labute approximate surface area is 225 Å². The van der Waals surface area contributed by atoms with Crippen LogP contribution < -0.4 is 4.74 Å². The quantitative estimate of drug-likeness (QED) is 0.109. The summed E-state index contributed by atoms with van der Waals surface area (Å²) in [5, 5.41) is 0. The molecule has 1 aromatic rings. The summed E-state index contributed by atoms with van der Waals surface area (Å²) in [6, 6.07) is 7.88. The van der Waals surface area contributed by atoms with Crippen LogP contribution in [0, 0.1) is 5.92 Å². The fourth-order valence-electron chi connectivity index (χ4n) is 4.07. The van der Waals surface area contributed by atoms with Gasteiger partial charge >= 0.3 is 7.82 Å². The Hall–Kier alpha value is -1.24. The van der Waals surface area contributed by atoms with Gasteiger partial charge in [0.25, 0.3) is 0 Å². The minimum Gasteiger partial charge on any atom is -0.494 e. The number of rotatable bonds is 24. The number of likely N-dealkylation sites (N-methyl/N-ethyl adjacent to an activating group) is 1. The molecule has 8 heteroatoms. The van der Waals surface area contributed by atoms with Crippen LogP contribution >= 0.6 is 7.82 Å². The first-order valence-electron chi connectivity index (χ1n) is 14.3. The molecule has 7 nitrogen and oxygen atoms in total. The van der Waals surface area contributed by atoms with Gasteiger partial charge in [-0.2, -0.15) is 0 Å². The smallest absolute Gasteiger partial charge is 0.472 e. The number of hydrogen-bond acceptors (Lipinski definition) is 6. The number of ketones is 1. The number of ether oxygens (including phenoxy) is 1. The molecular weight excluding hydrogens is 489 g/mol. The molecule has 0 aliphatic heterocycles. The molecule has 214 valence electrons. The molecule has 0 fully saturated rings. The Balaban J connectivity index is 2.37. The molecule has 0 heterocycles. The first-order valence-corrected chi connectivity index (χ1v) is 15.7. The highest BCUT2D eigenvalue weighted by Gasteiger charge is 2.24. The van der Waals surface area contributed by atoms with Crippen molar-refractivity contribution in [1.82, 2.24) is 4.90 Å². The monoisotopic (exact) mass is 541 g/mol. The van der Waals surface area contributed by atoms with E-state index in [0.29, 0.717) is 25.8 Å². The average Bonchev–Trinajstić information content (AvgIpc) is 2.86. The van der Waals surface area contributed by atoms with Gasteiger partial charge in [0.2, 0.25) is 0 Å². The molecule has 0 bridgehead atoms. The van der Waals surface area contributed by atoms with E-state index in [-0.39, 0.29) is 24.9 Å². The molecule has 0 aliphatic carbocycles. The highest BCUT2D eigenvalue weighted by atomic mass is 31.2. The van der Waals surface area contributed by atoms with Crippen LogP contribution in [0.1, 0.15) is 96.5 Å². The van der Waals surface area contributed by atoms with Gasteiger partial charge in [-0.15, -0.1) is 0 Å². The highest BCUT2D eigenvalue weighted by molar-refractivity contribution is 7.47. The van der Waals surface area contributed by atoms with Crippen LogP contribution in [-0.2, 0) is 24.8 Å². The van der Waals surface area contributed by atoms with E-state index in [9.17, 15) is 14.3 Å². The van der Waals surface area contributed by atoms with Gasteiger partial charge in [-0.25, -0.2) is 4.57 Å². The van der Waals surface area contributed by atoms with E-state index in [1.54, 1.807) is 0 Å². The van der Waals surface area contributed by atoms with Crippen LogP contribution in [0.3, 0.4) is 0 Å². The Morgan fingerprint density at radius 2 is 1.49 bits per heavy atom. The van der Waals surface area contributed by atoms with Crippen molar-refractivity contribution in [2.45, 2.75) is 97.3 Å². The first kappa shape index (κ1) is 33.8. The van der Waals surface area contributed by atoms with Crippen molar-refractivity contribution < 1.29 is 28.0 Å². The summed E-state index contributed by atoms with van der Waals surface area (Å²) in [5.74, 6) is 0.737. The zero-order valence-corrected chi connectivity index (χ0v) is 24.7. The lowest BCUT2D eigenvalue weighted by molar-refractivity contribution is -0.120. The van der Waals surface area contributed by atoms with Crippen molar-refractivity contribution in [2.75, 3.05) is 40.5 Å². The van der Waals surface area contributed by atoms with Gasteiger partial charge in [-0.05, 0) is 50.6 Å². The molecule has 0 saturated carbocycles. The van der Waals surface area contributed by atoms with Crippen LogP contribution in [0.25, 0.3) is 0 Å². The van der Waals surface area contributed by atoms with Gasteiger partial charge in [0.05, 0.1) is 19.8 Å². The number of benzene rings is 1. The number of phosphoric acid groups is 1. The summed E-state index contributed by atoms with van der Waals surface area (Å²) in [6.45, 7) is 5.39. The van der Waals surface area contributed by atoms with Gasteiger partial charge in [-0.3, -0.25) is 13.8 Å². The predicted molar refractivity (Wildman–Crippen MR) is 151 cm³/mol. The summed E-state index contributed by atoms with van der Waals surface area (Å²) >= 11 is 0. The largest absolute Gasteiger partial charge is 0.494 e. The Morgan fingerprint density at radius 1 is 0.892 bits per heavy atom. The lowest BCUT2D eigenvalue weighted by atomic mass is 9.94. The minimum absolute atomic E-state index is 0.0154. The van der Waals surface area contributed by atoms with Crippen molar-refractivity contribution in [2.24, 2.45) is 5.92 Å². The third kappa shape index (κ3) is 18.6. The lowest BCUT2D eigenvalue weighted by Gasteiger charge is -2.19. The SMILES string of the molecule is CCCCCCCCCCCCOc1ccc(CC(COP(=O)(O)OCCN(C)C)CC(=O)CC)cc1. The highest BCUT2D eigenvalue weighted by Crippen LogP contribution is 2.43. The predicted octanol–water partition coefficient (Wildman–Crippen LogP) is 7.21. The van der Waals surface area contributed by atoms with Crippen LogP contribution in [0.2, 0.25) is 0 Å². The second-order valence-corrected chi connectivity index (χ2v) is 11.7. The van der Waals surface area contributed by atoms with Crippen LogP contribution in [0.15, 0.2) is 24.3 Å². The van der Waals surface area contributed by atoms with E-state index in [0.717, 1.165) is 24.3 Å². The summed E-state index contributed by atoms with van der Waals surface area (Å²) < 4.78 is 28.3.